The smallest absolute Gasteiger partial charge is 0.127 e. The van der Waals surface area contributed by atoms with Crippen LogP contribution in [0.2, 0.25) is 19.6 Å². The number of hydrogen-bond donors (Lipinski definition) is 0. The van der Waals surface area contributed by atoms with Gasteiger partial charge in [0, 0.05) is 11.0 Å². The van der Waals surface area contributed by atoms with Gasteiger partial charge < -0.3 is 0 Å². The quantitative estimate of drug-likeness (QED) is 0.364. The molecule has 0 unspecified atom stereocenters. The van der Waals surface area contributed by atoms with Gasteiger partial charge in [-0.25, -0.2) is 0 Å². The van der Waals surface area contributed by atoms with Crippen molar-refractivity contribution in [1.82, 2.24) is 0 Å². The average Bonchev–Trinajstić information content (AvgIpc) is 2.84. The third-order valence-electron chi connectivity index (χ3n) is 4.14. The van der Waals surface area contributed by atoms with Gasteiger partial charge in [0.2, 0.25) is 0 Å². The number of rotatable bonds is 1. The molecule has 92 valence electrons. The predicted molar refractivity (Wildman–Crippen MR) is 78.3 cm³/mol. The zero-order valence-electron chi connectivity index (χ0n) is 11.9. The van der Waals surface area contributed by atoms with Crippen LogP contribution in [-0.4, -0.2) is 8.07 Å². The van der Waals surface area contributed by atoms with Crippen molar-refractivity contribution in [2.75, 3.05) is 0 Å². The fourth-order valence-corrected chi connectivity index (χ4v) is 3.18. The van der Waals surface area contributed by atoms with Crippen molar-refractivity contribution in [3.05, 3.63) is 23.8 Å². The molecule has 17 heavy (non-hydrogen) atoms. The number of allylic oxidation sites excluding steroid dienone is 3. The van der Waals surface area contributed by atoms with Crippen LogP contribution in [0, 0.1) is 28.7 Å². The molecule has 0 heterocycles. The Kier molecular flexibility index (Phi) is 2.90. The second-order valence-corrected chi connectivity index (χ2v) is 11.8. The number of hydrogen-bond acceptors (Lipinski definition) is 0. The first kappa shape index (κ1) is 12.7. The van der Waals surface area contributed by atoms with Gasteiger partial charge in [0.15, 0.2) is 0 Å². The fraction of sp³-hybridized carbons (Fsp3) is 0.625. The average molecular weight is 244 g/mol. The molecular formula is C16H24Si. The highest BCUT2D eigenvalue weighted by atomic mass is 28.3. The molecule has 0 bridgehead atoms. The van der Waals surface area contributed by atoms with Crippen LogP contribution in [0.15, 0.2) is 23.8 Å². The van der Waals surface area contributed by atoms with Crippen LogP contribution in [0.3, 0.4) is 0 Å². The molecule has 2 rings (SSSR count). The van der Waals surface area contributed by atoms with Crippen molar-refractivity contribution >= 4 is 8.07 Å². The Bertz CT molecular complexity index is 438. The van der Waals surface area contributed by atoms with E-state index in [1.807, 2.05) is 0 Å². The maximum atomic E-state index is 4.11. The Hall–Kier alpha value is -0.743. The molecule has 1 fully saturated rings. The van der Waals surface area contributed by atoms with Crippen LogP contribution in [0.4, 0.5) is 0 Å². The van der Waals surface area contributed by atoms with Crippen LogP contribution in [0.1, 0.15) is 26.7 Å². The maximum absolute atomic E-state index is 4.11. The molecule has 3 atom stereocenters. The molecule has 1 saturated carbocycles. The minimum absolute atomic E-state index is 0.415. The minimum Gasteiger partial charge on any atom is -0.127 e. The zero-order chi connectivity index (χ0) is 12.8. The van der Waals surface area contributed by atoms with Crippen LogP contribution >= 0.6 is 0 Å². The lowest BCUT2D eigenvalue weighted by Gasteiger charge is -2.23. The third kappa shape index (κ3) is 2.58. The van der Waals surface area contributed by atoms with Crippen LogP contribution < -0.4 is 0 Å². The van der Waals surface area contributed by atoms with Crippen molar-refractivity contribution in [1.29, 1.82) is 0 Å². The summed E-state index contributed by atoms with van der Waals surface area (Å²) in [5.41, 5.74) is 6.64. The van der Waals surface area contributed by atoms with Crippen LogP contribution in [-0.2, 0) is 0 Å². The normalized spacial score (nSPS) is 35.2. The molecule has 0 aliphatic heterocycles. The van der Waals surface area contributed by atoms with E-state index in [1.54, 1.807) is 0 Å². The van der Waals surface area contributed by atoms with E-state index in [2.05, 4.69) is 57.6 Å². The molecular weight excluding hydrogens is 220 g/mol. The van der Waals surface area contributed by atoms with Crippen molar-refractivity contribution < 1.29 is 0 Å². The molecule has 0 radical (unpaired) electrons. The van der Waals surface area contributed by atoms with E-state index >= 15 is 0 Å². The molecule has 0 aromatic rings. The summed E-state index contributed by atoms with van der Waals surface area (Å²) in [6.07, 6.45) is 5.03. The second-order valence-electron chi connectivity index (χ2n) is 7.09. The Morgan fingerprint density at radius 3 is 2.65 bits per heavy atom. The number of fused-ring (bicyclic) bond motifs is 1. The zero-order valence-corrected chi connectivity index (χ0v) is 12.9. The first-order valence-corrected chi connectivity index (χ1v) is 10.1. The summed E-state index contributed by atoms with van der Waals surface area (Å²) in [7, 11) is -1.26. The van der Waals surface area contributed by atoms with Crippen molar-refractivity contribution in [3.8, 4) is 11.5 Å². The summed E-state index contributed by atoms with van der Waals surface area (Å²) in [5, 5.41) is 0. The Morgan fingerprint density at radius 2 is 2.12 bits per heavy atom. The predicted octanol–water partition coefficient (Wildman–Crippen LogP) is 4.42. The molecule has 2 aliphatic rings. The molecule has 0 aromatic heterocycles. The molecule has 0 aromatic carbocycles. The van der Waals surface area contributed by atoms with Crippen LogP contribution in [0.25, 0.3) is 0 Å². The Morgan fingerprint density at radius 1 is 1.47 bits per heavy atom. The second kappa shape index (κ2) is 3.88. The molecule has 2 aliphatic carbocycles. The molecule has 0 N–H and O–H groups in total. The van der Waals surface area contributed by atoms with Gasteiger partial charge in [-0.2, -0.15) is 0 Å². The third-order valence-corrected chi connectivity index (χ3v) is 5.01. The lowest BCUT2D eigenvalue weighted by molar-refractivity contribution is 0.488. The standard InChI is InChI=1S/C16H24Si/c1-12(2)13-9-14(7-8-17(4,5)6)16(3)11-15(16)10-13/h9,13,15H,1,10-11H2,2-6H3/t13-,15-,16-/m0/s1. The highest BCUT2D eigenvalue weighted by Gasteiger charge is 2.54. The van der Waals surface area contributed by atoms with Gasteiger partial charge >= 0.3 is 0 Å². The van der Waals surface area contributed by atoms with Crippen molar-refractivity contribution in [2.24, 2.45) is 17.3 Å². The molecule has 1 heteroatoms. The van der Waals surface area contributed by atoms with Gasteiger partial charge in [-0.05, 0) is 31.6 Å². The van der Waals surface area contributed by atoms with E-state index in [-0.39, 0.29) is 0 Å². The largest absolute Gasteiger partial charge is 0.129 e. The molecule has 0 amide bonds. The highest BCUT2D eigenvalue weighted by Crippen LogP contribution is 2.63. The molecule has 0 saturated heterocycles. The minimum atomic E-state index is -1.26. The first-order valence-electron chi connectivity index (χ1n) is 6.63. The van der Waals surface area contributed by atoms with Crippen molar-refractivity contribution in [3.63, 3.8) is 0 Å². The van der Waals surface area contributed by atoms with E-state index in [4.69, 9.17) is 0 Å². The monoisotopic (exact) mass is 244 g/mol. The van der Waals surface area contributed by atoms with Gasteiger partial charge in [0.1, 0.15) is 8.07 Å². The lowest BCUT2D eigenvalue weighted by atomic mass is 9.81. The van der Waals surface area contributed by atoms with Crippen LogP contribution in [0.5, 0.6) is 0 Å². The summed E-state index contributed by atoms with van der Waals surface area (Å²) < 4.78 is 0. The lowest BCUT2D eigenvalue weighted by Crippen LogP contribution is -2.18. The summed E-state index contributed by atoms with van der Waals surface area (Å²) in [6, 6.07) is 0. The Labute approximate surface area is 107 Å². The van der Waals surface area contributed by atoms with E-state index in [9.17, 15) is 0 Å². The van der Waals surface area contributed by atoms with Gasteiger partial charge in [-0.1, -0.05) is 50.7 Å². The maximum Gasteiger partial charge on any atom is 0.129 e. The SMILES string of the molecule is C=C(C)[C@H]1C=C(C#C[Si](C)(C)C)[C@]2(C)C[C@@H]2C1. The highest BCUT2D eigenvalue weighted by molar-refractivity contribution is 6.83. The van der Waals surface area contributed by atoms with Gasteiger partial charge in [-0.15, -0.1) is 5.54 Å². The van der Waals surface area contributed by atoms with Crippen molar-refractivity contribution in [2.45, 2.75) is 46.3 Å². The molecule has 0 spiro atoms. The van der Waals surface area contributed by atoms with E-state index in [1.165, 1.54) is 24.0 Å². The topological polar surface area (TPSA) is 0 Å². The summed E-state index contributed by atoms with van der Waals surface area (Å²) in [4.78, 5) is 0. The first-order chi connectivity index (χ1) is 7.72. The van der Waals surface area contributed by atoms with Gasteiger partial charge in [0.05, 0.1) is 0 Å². The fourth-order valence-electron chi connectivity index (χ4n) is 2.68. The van der Waals surface area contributed by atoms with Gasteiger partial charge in [-0.3, -0.25) is 0 Å². The summed E-state index contributed by atoms with van der Waals surface area (Å²) in [6.45, 7) is 15.6. The summed E-state index contributed by atoms with van der Waals surface area (Å²) in [5.74, 6) is 4.94. The summed E-state index contributed by atoms with van der Waals surface area (Å²) >= 11 is 0. The van der Waals surface area contributed by atoms with E-state index in [0.717, 1.165) is 5.92 Å². The molecule has 0 nitrogen and oxygen atoms in total. The van der Waals surface area contributed by atoms with E-state index in [0.29, 0.717) is 11.3 Å². The van der Waals surface area contributed by atoms with Gasteiger partial charge in [0.25, 0.3) is 0 Å². The van der Waals surface area contributed by atoms with E-state index < -0.39 is 8.07 Å². The Balaban J connectivity index is 2.28.